The zero-order chi connectivity index (χ0) is 21.3. The van der Waals surface area contributed by atoms with Crippen LogP contribution >= 0.6 is 34.8 Å². The minimum atomic E-state index is -0.690. The molecule has 1 aliphatic heterocycles. The van der Waals surface area contributed by atoms with Gasteiger partial charge in [-0.2, -0.15) is 0 Å². The largest absolute Gasteiger partial charge is 0.459 e. The molecule has 0 unspecified atom stereocenters. The number of nitrogens with one attached hydrogen (secondary N) is 1. The van der Waals surface area contributed by atoms with Crippen LogP contribution in [0.5, 0.6) is 0 Å². The van der Waals surface area contributed by atoms with Crippen molar-refractivity contribution >= 4 is 64.0 Å². The summed E-state index contributed by atoms with van der Waals surface area (Å²) in [5.74, 6) is -1.83. The highest BCUT2D eigenvalue weighted by atomic mass is 35.5. The van der Waals surface area contributed by atoms with E-state index >= 15 is 0 Å². The summed E-state index contributed by atoms with van der Waals surface area (Å²) in [6, 6.07) is 10.5. The van der Waals surface area contributed by atoms with Crippen LogP contribution in [0.25, 0.3) is 0 Å². The van der Waals surface area contributed by atoms with Gasteiger partial charge in [0.25, 0.3) is 11.8 Å². The van der Waals surface area contributed by atoms with Crippen molar-refractivity contribution in [1.29, 1.82) is 0 Å². The molecule has 1 aliphatic rings. The van der Waals surface area contributed by atoms with E-state index in [-0.39, 0.29) is 22.5 Å². The fourth-order valence-corrected chi connectivity index (χ4v) is 3.38. The SMILES string of the molecule is CC(C)OC(=O)c1ccc(N2C(=O)C(Cl)=C(Nc3cc(Cl)cc(Cl)c3)C2=O)cc1. The van der Waals surface area contributed by atoms with Crippen molar-refractivity contribution in [3.8, 4) is 0 Å². The number of imide groups is 1. The molecule has 6 nitrogen and oxygen atoms in total. The fourth-order valence-electron chi connectivity index (χ4n) is 2.64. The first kappa shape index (κ1) is 21.2. The first-order valence-electron chi connectivity index (χ1n) is 8.50. The maximum Gasteiger partial charge on any atom is 0.338 e. The van der Waals surface area contributed by atoms with Gasteiger partial charge in [0.15, 0.2) is 0 Å². The number of benzene rings is 2. The van der Waals surface area contributed by atoms with Gasteiger partial charge in [-0.15, -0.1) is 0 Å². The van der Waals surface area contributed by atoms with E-state index in [1.807, 2.05) is 0 Å². The molecule has 1 heterocycles. The number of anilines is 2. The van der Waals surface area contributed by atoms with Crippen molar-refractivity contribution in [2.75, 3.05) is 10.2 Å². The highest BCUT2D eigenvalue weighted by Crippen LogP contribution is 2.31. The molecule has 0 saturated carbocycles. The van der Waals surface area contributed by atoms with Gasteiger partial charge in [-0.1, -0.05) is 34.8 Å². The quantitative estimate of drug-likeness (QED) is 0.509. The number of esters is 1. The van der Waals surface area contributed by atoms with E-state index in [2.05, 4.69) is 5.32 Å². The molecule has 1 N–H and O–H groups in total. The van der Waals surface area contributed by atoms with Gasteiger partial charge in [0, 0.05) is 15.7 Å². The zero-order valence-electron chi connectivity index (χ0n) is 15.3. The predicted octanol–water partition coefficient (Wildman–Crippen LogP) is 4.99. The summed E-state index contributed by atoms with van der Waals surface area (Å²) in [6.07, 6.45) is -0.263. The molecule has 3 rings (SSSR count). The lowest BCUT2D eigenvalue weighted by Crippen LogP contribution is -2.32. The summed E-state index contributed by atoms with van der Waals surface area (Å²) in [5, 5.41) is 3.24. The van der Waals surface area contributed by atoms with Crippen LogP contribution in [0.2, 0.25) is 10.0 Å². The summed E-state index contributed by atoms with van der Waals surface area (Å²) < 4.78 is 5.12. The van der Waals surface area contributed by atoms with Crippen molar-refractivity contribution in [1.82, 2.24) is 0 Å². The van der Waals surface area contributed by atoms with Crippen LogP contribution in [0, 0.1) is 0 Å². The Morgan fingerprint density at radius 1 is 0.966 bits per heavy atom. The average Bonchev–Trinajstić information content (AvgIpc) is 2.84. The van der Waals surface area contributed by atoms with Crippen LogP contribution in [0.4, 0.5) is 11.4 Å². The summed E-state index contributed by atoms with van der Waals surface area (Å²) in [6.45, 7) is 3.48. The normalized spacial score (nSPS) is 14.1. The second-order valence-electron chi connectivity index (χ2n) is 6.42. The number of hydrogen-bond donors (Lipinski definition) is 1. The fraction of sp³-hybridized carbons (Fsp3) is 0.150. The number of carbonyl (C=O) groups excluding carboxylic acids is 3. The molecule has 2 aromatic carbocycles. The number of nitrogens with zero attached hydrogens (tertiary/aromatic N) is 1. The van der Waals surface area contributed by atoms with Gasteiger partial charge >= 0.3 is 5.97 Å². The molecular formula is C20H15Cl3N2O4. The lowest BCUT2D eigenvalue weighted by Gasteiger charge is -2.16. The van der Waals surface area contributed by atoms with Gasteiger partial charge in [0.2, 0.25) is 0 Å². The molecular weight excluding hydrogens is 439 g/mol. The van der Waals surface area contributed by atoms with Crippen molar-refractivity contribution in [3.05, 3.63) is 68.8 Å². The Labute approximate surface area is 182 Å². The highest BCUT2D eigenvalue weighted by molar-refractivity contribution is 6.53. The highest BCUT2D eigenvalue weighted by Gasteiger charge is 2.39. The van der Waals surface area contributed by atoms with Crippen LogP contribution < -0.4 is 10.2 Å². The van der Waals surface area contributed by atoms with E-state index in [0.717, 1.165) is 4.90 Å². The number of ether oxygens (including phenoxy) is 1. The van der Waals surface area contributed by atoms with E-state index in [0.29, 0.717) is 21.3 Å². The van der Waals surface area contributed by atoms with Crippen molar-refractivity contribution < 1.29 is 19.1 Å². The lowest BCUT2D eigenvalue weighted by molar-refractivity contribution is -0.120. The van der Waals surface area contributed by atoms with Gasteiger partial charge in [0.05, 0.1) is 17.4 Å². The van der Waals surface area contributed by atoms with Crippen molar-refractivity contribution in [3.63, 3.8) is 0 Å². The predicted molar refractivity (Wildman–Crippen MR) is 112 cm³/mol. The molecule has 0 fully saturated rings. The molecule has 29 heavy (non-hydrogen) atoms. The third-order valence-corrected chi connectivity index (χ3v) is 4.65. The maximum absolute atomic E-state index is 12.8. The maximum atomic E-state index is 12.8. The van der Waals surface area contributed by atoms with Gasteiger partial charge in [-0.3, -0.25) is 9.59 Å². The molecule has 2 aromatic rings. The molecule has 0 bridgehead atoms. The molecule has 0 aliphatic carbocycles. The van der Waals surface area contributed by atoms with E-state index in [1.54, 1.807) is 26.0 Å². The Morgan fingerprint density at radius 2 is 1.55 bits per heavy atom. The van der Waals surface area contributed by atoms with E-state index in [1.165, 1.54) is 30.3 Å². The van der Waals surface area contributed by atoms with E-state index < -0.39 is 17.8 Å². The second kappa shape index (κ2) is 8.45. The smallest absolute Gasteiger partial charge is 0.338 e. The summed E-state index contributed by atoms with van der Waals surface area (Å²) >= 11 is 18.0. The first-order valence-corrected chi connectivity index (χ1v) is 9.63. The average molecular weight is 454 g/mol. The van der Waals surface area contributed by atoms with E-state index in [4.69, 9.17) is 39.5 Å². The molecule has 9 heteroatoms. The molecule has 0 saturated heterocycles. The van der Waals surface area contributed by atoms with Crippen LogP contribution in [-0.4, -0.2) is 23.9 Å². The Bertz CT molecular complexity index is 1010. The Morgan fingerprint density at radius 3 is 2.10 bits per heavy atom. The molecule has 2 amide bonds. The van der Waals surface area contributed by atoms with Crippen LogP contribution in [0.15, 0.2) is 53.2 Å². The number of carbonyl (C=O) groups is 3. The van der Waals surface area contributed by atoms with Crippen LogP contribution in [0.3, 0.4) is 0 Å². The third kappa shape index (κ3) is 4.56. The van der Waals surface area contributed by atoms with Gasteiger partial charge in [-0.05, 0) is 56.3 Å². The Kier molecular flexibility index (Phi) is 6.17. The van der Waals surface area contributed by atoms with Crippen LogP contribution in [0.1, 0.15) is 24.2 Å². The second-order valence-corrected chi connectivity index (χ2v) is 7.67. The Balaban J connectivity index is 1.83. The number of amides is 2. The topological polar surface area (TPSA) is 75.7 Å². The monoisotopic (exact) mass is 452 g/mol. The first-order chi connectivity index (χ1) is 13.7. The lowest BCUT2D eigenvalue weighted by atomic mass is 10.2. The standard InChI is InChI=1S/C20H15Cl3N2O4/c1-10(2)29-20(28)11-3-5-15(6-4-11)25-18(26)16(23)17(19(25)27)24-14-8-12(21)7-13(22)9-14/h3-10,24H,1-2H3. The summed E-state index contributed by atoms with van der Waals surface area (Å²) in [7, 11) is 0. The van der Waals surface area contributed by atoms with Gasteiger partial charge < -0.3 is 10.1 Å². The van der Waals surface area contributed by atoms with Crippen LogP contribution in [-0.2, 0) is 14.3 Å². The molecule has 0 atom stereocenters. The molecule has 0 spiro atoms. The molecule has 150 valence electrons. The zero-order valence-corrected chi connectivity index (χ0v) is 17.6. The Hall–Kier alpha value is -2.54. The molecule has 0 aromatic heterocycles. The van der Waals surface area contributed by atoms with Crippen molar-refractivity contribution in [2.45, 2.75) is 20.0 Å². The summed E-state index contributed by atoms with van der Waals surface area (Å²) in [5.41, 5.74) is 0.872. The minimum Gasteiger partial charge on any atom is -0.459 e. The van der Waals surface area contributed by atoms with Crippen molar-refractivity contribution in [2.24, 2.45) is 0 Å². The number of halogens is 3. The van der Waals surface area contributed by atoms with E-state index in [9.17, 15) is 14.4 Å². The van der Waals surface area contributed by atoms with Gasteiger partial charge in [0.1, 0.15) is 10.7 Å². The number of rotatable bonds is 5. The minimum absolute atomic E-state index is 0.0988. The molecule has 0 radical (unpaired) electrons. The number of hydrogen-bond acceptors (Lipinski definition) is 5. The summed E-state index contributed by atoms with van der Waals surface area (Å²) in [4.78, 5) is 38.2. The van der Waals surface area contributed by atoms with Gasteiger partial charge in [-0.25, -0.2) is 9.69 Å². The third-order valence-electron chi connectivity index (χ3n) is 3.86.